The number of hydrogen-bond donors (Lipinski definition) is 9. The predicted molar refractivity (Wildman–Crippen MR) is 141 cm³/mol. The second kappa shape index (κ2) is 13.8. The summed E-state index contributed by atoms with van der Waals surface area (Å²) >= 11 is 0. The molecule has 3 fully saturated rings. The molecule has 4 rings (SSSR count). The zero-order valence-corrected chi connectivity index (χ0v) is 24.2. The molecule has 18 nitrogen and oxygen atoms in total. The molecule has 246 valence electrons. The summed E-state index contributed by atoms with van der Waals surface area (Å²) < 4.78 is 29.3. The van der Waals surface area contributed by atoms with E-state index in [4.69, 9.17) is 23.7 Å². The lowest BCUT2D eigenvalue weighted by molar-refractivity contribution is -0.339. The summed E-state index contributed by atoms with van der Waals surface area (Å²) in [4.78, 5) is 30.0. The Morgan fingerprint density at radius 1 is 0.791 bits per heavy atom. The third kappa shape index (κ3) is 6.74. The molecule has 0 unspecified atom stereocenters. The average Bonchev–Trinajstić information content (AvgIpc) is 3.49. The fourth-order valence-electron chi connectivity index (χ4n) is 5.91. The van der Waals surface area contributed by atoms with Gasteiger partial charge in [0.15, 0.2) is 12.6 Å². The number of aliphatic imine (C=N–C) groups is 1. The van der Waals surface area contributed by atoms with Crippen molar-refractivity contribution in [3.63, 3.8) is 0 Å². The SMILES string of the molecule is CC(=O)N[C@H]1[C@H](O[C@H]2[C@@H](O)[C@@H](NC(C)=O)[C@H](O[C@@H]3[C@H](O)[C@H]4N=C(N(C)C)O[C@H]4[C@@H]3CO)O[C@@H]2CO)O[C@H](CO)[C@@H](O)[C@H]1O. The van der Waals surface area contributed by atoms with Crippen LogP contribution in [0.2, 0.25) is 0 Å². The number of nitrogens with zero attached hydrogens (tertiary/aromatic N) is 2. The molecule has 18 heteroatoms. The fourth-order valence-corrected chi connectivity index (χ4v) is 5.91. The summed E-state index contributed by atoms with van der Waals surface area (Å²) in [6, 6.07) is -3.21. The first-order valence-electron chi connectivity index (χ1n) is 14.0. The Hall–Kier alpha value is -2.23. The van der Waals surface area contributed by atoms with E-state index in [0.717, 1.165) is 6.92 Å². The van der Waals surface area contributed by atoms with Crippen molar-refractivity contribution in [1.82, 2.24) is 15.5 Å². The summed E-state index contributed by atoms with van der Waals surface area (Å²) in [6.45, 7) is 0.403. The lowest BCUT2D eigenvalue weighted by Crippen LogP contribution is -2.69. The summed E-state index contributed by atoms with van der Waals surface area (Å²) in [5.74, 6) is -1.99. The Morgan fingerprint density at radius 2 is 1.33 bits per heavy atom. The molecule has 4 aliphatic rings. The standard InChI is InChI=1S/C25H42N4O14/c1-8(33)26-14-17(36)16(35)11(6-31)39-23(14)42-22-12(7-32)40-24(15(19(22)38)27-9(2)34)41-21-10(5-30)20-13(18(21)37)28-25(43-20)29(3)4/h10-24,30-32,35-38H,5-7H2,1-4H3,(H,26,33)(H,27,34)/t10-,11+,12+,13+,14+,15+,16+,17-,18+,19-,20-,21-,22+,23-,24-/m0/s1. The second-order valence-corrected chi connectivity index (χ2v) is 11.3. The Morgan fingerprint density at radius 3 is 1.84 bits per heavy atom. The van der Waals surface area contributed by atoms with Crippen LogP contribution < -0.4 is 10.6 Å². The highest BCUT2D eigenvalue weighted by Crippen LogP contribution is 2.39. The highest BCUT2D eigenvalue weighted by atomic mass is 16.7. The van der Waals surface area contributed by atoms with Crippen molar-refractivity contribution in [3.8, 4) is 0 Å². The lowest BCUT2D eigenvalue weighted by Gasteiger charge is -2.48. The van der Waals surface area contributed by atoms with Crippen LogP contribution in [0.15, 0.2) is 4.99 Å². The average molecular weight is 623 g/mol. The number of aliphatic hydroxyl groups excluding tert-OH is 7. The monoisotopic (exact) mass is 622 g/mol. The molecule has 1 saturated carbocycles. The Labute approximate surface area is 247 Å². The topological polar surface area (TPSA) is 262 Å². The highest BCUT2D eigenvalue weighted by Gasteiger charge is 2.58. The summed E-state index contributed by atoms with van der Waals surface area (Å²) in [5, 5.41) is 78.3. The fraction of sp³-hybridized carbons (Fsp3) is 0.880. The van der Waals surface area contributed by atoms with Crippen molar-refractivity contribution in [2.75, 3.05) is 33.9 Å². The number of fused-ring (bicyclic) bond motifs is 1. The quantitative estimate of drug-likeness (QED) is 0.116. The van der Waals surface area contributed by atoms with Crippen molar-refractivity contribution in [2.45, 2.75) is 99.5 Å². The van der Waals surface area contributed by atoms with Crippen LogP contribution >= 0.6 is 0 Å². The van der Waals surface area contributed by atoms with E-state index in [2.05, 4.69) is 15.6 Å². The first-order chi connectivity index (χ1) is 20.3. The third-order valence-corrected chi connectivity index (χ3v) is 8.02. The van der Waals surface area contributed by atoms with Gasteiger partial charge in [-0.25, -0.2) is 4.99 Å². The molecular formula is C25H42N4O14. The number of rotatable bonds is 9. The first-order valence-corrected chi connectivity index (χ1v) is 14.0. The van der Waals surface area contributed by atoms with Gasteiger partial charge in [0.05, 0.1) is 31.8 Å². The van der Waals surface area contributed by atoms with E-state index in [9.17, 15) is 45.3 Å². The largest absolute Gasteiger partial charge is 0.459 e. The van der Waals surface area contributed by atoms with Crippen molar-refractivity contribution in [3.05, 3.63) is 0 Å². The smallest absolute Gasteiger partial charge is 0.287 e. The van der Waals surface area contributed by atoms with Gasteiger partial charge in [-0.3, -0.25) is 9.59 Å². The van der Waals surface area contributed by atoms with Crippen LogP contribution in [-0.2, 0) is 33.3 Å². The van der Waals surface area contributed by atoms with Crippen LogP contribution in [0.4, 0.5) is 0 Å². The minimum atomic E-state index is -1.67. The number of aliphatic hydroxyl groups is 7. The van der Waals surface area contributed by atoms with Crippen LogP contribution in [0.25, 0.3) is 0 Å². The molecule has 0 aromatic rings. The minimum absolute atomic E-state index is 0.273. The molecule has 1 aliphatic carbocycles. The van der Waals surface area contributed by atoms with E-state index >= 15 is 0 Å². The van der Waals surface area contributed by atoms with E-state index in [0.29, 0.717) is 0 Å². The van der Waals surface area contributed by atoms with Crippen LogP contribution in [0.3, 0.4) is 0 Å². The van der Waals surface area contributed by atoms with Gasteiger partial charge in [-0.1, -0.05) is 0 Å². The maximum absolute atomic E-state index is 12.2. The number of hydrogen-bond acceptors (Lipinski definition) is 16. The van der Waals surface area contributed by atoms with Crippen LogP contribution in [0, 0.1) is 5.92 Å². The Bertz CT molecular complexity index is 1020. The molecule has 0 aromatic heterocycles. The highest BCUT2D eigenvalue weighted by molar-refractivity contribution is 5.76. The summed E-state index contributed by atoms with van der Waals surface area (Å²) in [5.41, 5.74) is 0. The molecule has 0 aromatic carbocycles. The first kappa shape index (κ1) is 33.7. The van der Waals surface area contributed by atoms with Gasteiger partial charge in [0.25, 0.3) is 6.02 Å². The van der Waals surface area contributed by atoms with Gasteiger partial charge in [0.2, 0.25) is 11.8 Å². The minimum Gasteiger partial charge on any atom is -0.459 e. The molecule has 9 N–H and O–H groups in total. The normalized spacial score (nSPS) is 44.3. The second-order valence-electron chi connectivity index (χ2n) is 11.3. The molecule has 43 heavy (non-hydrogen) atoms. The van der Waals surface area contributed by atoms with Gasteiger partial charge < -0.3 is 75.0 Å². The van der Waals surface area contributed by atoms with E-state index in [1.165, 1.54) is 6.92 Å². The zero-order valence-electron chi connectivity index (χ0n) is 24.2. The van der Waals surface area contributed by atoms with Crippen molar-refractivity contribution < 1.29 is 69.0 Å². The molecular weight excluding hydrogens is 580 g/mol. The van der Waals surface area contributed by atoms with Crippen LogP contribution in [0.1, 0.15) is 13.8 Å². The van der Waals surface area contributed by atoms with E-state index in [1.807, 2.05) is 0 Å². The maximum Gasteiger partial charge on any atom is 0.287 e. The molecule has 0 spiro atoms. The van der Waals surface area contributed by atoms with Gasteiger partial charge >= 0.3 is 0 Å². The van der Waals surface area contributed by atoms with Crippen LogP contribution in [0.5, 0.6) is 0 Å². The lowest BCUT2D eigenvalue weighted by atomic mass is 9.94. The summed E-state index contributed by atoms with van der Waals surface area (Å²) in [7, 11) is 3.42. The number of amidine groups is 1. The molecule has 0 bridgehead atoms. The van der Waals surface area contributed by atoms with Gasteiger partial charge in [-0.2, -0.15) is 0 Å². The number of carbonyl (C=O) groups excluding carboxylic acids is 2. The molecule has 15 atom stereocenters. The number of carbonyl (C=O) groups is 2. The predicted octanol–water partition coefficient (Wildman–Crippen LogP) is -6.05. The Kier molecular flexibility index (Phi) is 10.8. The number of nitrogens with one attached hydrogen (secondary N) is 2. The van der Waals surface area contributed by atoms with E-state index in [1.54, 1.807) is 19.0 Å². The van der Waals surface area contributed by atoms with Crippen molar-refractivity contribution in [1.29, 1.82) is 0 Å². The molecule has 3 aliphatic heterocycles. The van der Waals surface area contributed by atoms with Crippen molar-refractivity contribution in [2.24, 2.45) is 10.9 Å². The summed E-state index contributed by atoms with van der Waals surface area (Å²) in [6.07, 6.45) is -15.2. The molecule has 0 radical (unpaired) electrons. The van der Waals surface area contributed by atoms with Gasteiger partial charge in [-0.15, -0.1) is 0 Å². The number of ether oxygens (including phenoxy) is 5. The van der Waals surface area contributed by atoms with E-state index < -0.39 is 123 Å². The van der Waals surface area contributed by atoms with Crippen molar-refractivity contribution >= 4 is 17.8 Å². The third-order valence-electron chi connectivity index (χ3n) is 8.02. The van der Waals surface area contributed by atoms with E-state index in [-0.39, 0.29) is 6.02 Å². The van der Waals surface area contributed by atoms with Gasteiger partial charge in [0, 0.05) is 27.9 Å². The molecule has 2 amide bonds. The maximum atomic E-state index is 12.2. The van der Waals surface area contributed by atoms with Gasteiger partial charge in [0.1, 0.15) is 67.0 Å². The number of amides is 2. The van der Waals surface area contributed by atoms with Crippen LogP contribution in [-0.4, -0.2) is 178 Å². The molecule has 2 saturated heterocycles. The Balaban J connectivity index is 1.57. The van der Waals surface area contributed by atoms with Gasteiger partial charge in [-0.05, 0) is 0 Å². The zero-order chi connectivity index (χ0) is 31.7. The molecule has 3 heterocycles.